The van der Waals surface area contributed by atoms with Gasteiger partial charge in [-0.1, -0.05) is 37.5 Å². The molecular formula is C26H29FN4O4S. The van der Waals surface area contributed by atoms with Crippen LogP contribution in [0.4, 0.5) is 4.39 Å². The largest absolute Gasteiger partial charge is 0.493 e. The Bertz CT molecular complexity index is 1170. The summed E-state index contributed by atoms with van der Waals surface area (Å²) in [5, 5.41) is 3.13. The van der Waals surface area contributed by atoms with Gasteiger partial charge in [-0.25, -0.2) is 4.39 Å². The van der Waals surface area contributed by atoms with Crippen LogP contribution in [0.3, 0.4) is 0 Å². The van der Waals surface area contributed by atoms with E-state index in [9.17, 15) is 14.0 Å². The molecule has 36 heavy (non-hydrogen) atoms. The van der Waals surface area contributed by atoms with Gasteiger partial charge in [0.1, 0.15) is 11.9 Å². The number of carbonyl (C=O) groups excluding carboxylic acids is 2. The molecule has 10 heteroatoms. The minimum Gasteiger partial charge on any atom is -0.493 e. The van der Waals surface area contributed by atoms with Gasteiger partial charge in [0.15, 0.2) is 17.2 Å². The molecule has 2 amide bonds. The molecule has 190 valence electrons. The van der Waals surface area contributed by atoms with Gasteiger partial charge < -0.3 is 19.7 Å². The minimum atomic E-state index is -1.00. The van der Waals surface area contributed by atoms with E-state index in [1.807, 2.05) is 6.07 Å². The fourth-order valence-corrected chi connectivity index (χ4v) is 4.91. The van der Waals surface area contributed by atoms with Crippen molar-refractivity contribution < 1.29 is 23.5 Å². The Kier molecular flexibility index (Phi) is 8.48. The molecule has 4 rings (SSSR count). The molecule has 0 aliphatic heterocycles. The molecule has 1 atom stereocenters. The average Bonchev–Trinajstić information content (AvgIpc) is 3.44. The molecule has 3 aromatic rings. The molecule has 0 bridgehead atoms. The lowest BCUT2D eigenvalue weighted by atomic mass is 9.94. The van der Waals surface area contributed by atoms with Crippen LogP contribution in [0.25, 0.3) is 0 Å². The second kappa shape index (κ2) is 11.9. The zero-order valence-corrected chi connectivity index (χ0v) is 21.1. The van der Waals surface area contributed by atoms with Crippen LogP contribution in [0, 0.1) is 5.82 Å². The van der Waals surface area contributed by atoms with E-state index in [-0.39, 0.29) is 24.2 Å². The van der Waals surface area contributed by atoms with E-state index in [0.717, 1.165) is 49.4 Å². The number of carbonyl (C=O) groups is 2. The minimum absolute atomic E-state index is 0.0353. The summed E-state index contributed by atoms with van der Waals surface area (Å²) < 4.78 is 32.6. The lowest BCUT2D eigenvalue weighted by Crippen LogP contribution is -2.47. The Morgan fingerprint density at radius 2 is 1.81 bits per heavy atom. The standard InChI is InChI=1S/C26H29FN4O4S/c1-34-22-13-8-17(14-23(22)35-2)16-31(26(33)21-15-28-36-30-21)24(18-9-11-19(27)12-10-18)25(32)29-20-6-4-3-5-7-20/h8-15,20,24H,3-7,16H2,1-2H3,(H,29,32)/t24-/m0/s1. The second-order valence-electron chi connectivity index (χ2n) is 8.71. The summed E-state index contributed by atoms with van der Waals surface area (Å²) in [7, 11) is 3.08. The van der Waals surface area contributed by atoms with Gasteiger partial charge in [0.2, 0.25) is 5.91 Å². The monoisotopic (exact) mass is 512 g/mol. The van der Waals surface area contributed by atoms with E-state index >= 15 is 0 Å². The normalized spacial score (nSPS) is 14.6. The molecule has 1 aliphatic rings. The first-order chi connectivity index (χ1) is 17.5. The van der Waals surface area contributed by atoms with Gasteiger partial charge in [-0.2, -0.15) is 8.75 Å². The number of hydrogen-bond acceptors (Lipinski definition) is 7. The average molecular weight is 513 g/mol. The summed E-state index contributed by atoms with van der Waals surface area (Å²) in [5.74, 6) is -0.139. The van der Waals surface area contributed by atoms with Gasteiger partial charge in [-0.3, -0.25) is 9.59 Å². The molecule has 1 N–H and O–H groups in total. The number of benzene rings is 2. The molecule has 8 nitrogen and oxygen atoms in total. The summed E-state index contributed by atoms with van der Waals surface area (Å²) in [4.78, 5) is 28.9. The molecule has 1 heterocycles. The third-order valence-corrected chi connectivity index (χ3v) is 6.82. The summed E-state index contributed by atoms with van der Waals surface area (Å²) >= 11 is 0.915. The van der Waals surface area contributed by atoms with Crippen molar-refractivity contribution in [2.24, 2.45) is 0 Å². The van der Waals surface area contributed by atoms with Gasteiger partial charge in [0, 0.05) is 12.6 Å². The van der Waals surface area contributed by atoms with E-state index < -0.39 is 17.8 Å². The van der Waals surface area contributed by atoms with Crippen molar-refractivity contribution in [1.29, 1.82) is 0 Å². The van der Waals surface area contributed by atoms with E-state index in [4.69, 9.17) is 9.47 Å². The van der Waals surface area contributed by atoms with Gasteiger partial charge in [0.05, 0.1) is 32.1 Å². The lowest BCUT2D eigenvalue weighted by Gasteiger charge is -2.33. The highest BCUT2D eigenvalue weighted by Crippen LogP contribution is 2.31. The van der Waals surface area contributed by atoms with Gasteiger partial charge in [0.25, 0.3) is 5.91 Å². The molecule has 1 fully saturated rings. The van der Waals surface area contributed by atoms with Crippen molar-refractivity contribution >= 4 is 23.5 Å². The van der Waals surface area contributed by atoms with Crippen molar-refractivity contribution in [3.8, 4) is 11.5 Å². The third-order valence-electron chi connectivity index (χ3n) is 6.34. The van der Waals surface area contributed by atoms with Crippen LogP contribution in [0.15, 0.2) is 48.7 Å². The number of nitrogens with one attached hydrogen (secondary N) is 1. The first kappa shape index (κ1) is 25.6. The van der Waals surface area contributed by atoms with Crippen molar-refractivity contribution in [3.05, 3.63) is 71.3 Å². The Hall–Kier alpha value is -3.53. The highest BCUT2D eigenvalue weighted by atomic mass is 32.1. The summed E-state index contributed by atoms with van der Waals surface area (Å²) in [6.45, 7) is 0.0802. The molecule has 2 aromatic carbocycles. The Morgan fingerprint density at radius 3 is 2.44 bits per heavy atom. The predicted octanol–water partition coefficient (Wildman–Crippen LogP) is 4.53. The van der Waals surface area contributed by atoms with Crippen molar-refractivity contribution in [1.82, 2.24) is 19.0 Å². The van der Waals surface area contributed by atoms with Crippen molar-refractivity contribution in [3.63, 3.8) is 0 Å². The smallest absolute Gasteiger partial charge is 0.276 e. The quantitative estimate of drug-likeness (QED) is 0.453. The Balaban J connectivity index is 1.74. The van der Waals surface area contributed by atoms with E-state index in [1.54, 1.807) is 19.2 Å². The third kappa shape index (κ3) is 5.99. The zero-order chi connectivity index (χ0) is 25.5. The first-order valence-electron chi connectivity index (χ1n) is 11.9. The molecule has 1 aliphatic carbocycles. The summed E-state index contributed by atoms with van der Waals surface area (Å²) in [6, 6.07) is 10.0. The number of methoxy groups -OCH3 is 2. The lowest BCUT2D eigenvalue weighted by molar-refractivity contribution is -0.127. The first-order valence-corrected chi connectivity index (χ1v) is 12.6. The van der Waals surface area contributed by atoms with Crippen LogP contribution in [-0.2, 0) is 11.3 Å². The number of hydrogen-bond donors (Lipinski definition) is 1. The van der Waals surface area contributed by atoms with Crippen molar-refractivity contribution in [2.75, 3.05) is 14.2 Å². The number of ether oxygens (including phenoxy) is 2. The zero-order valence-electron chi connectivity index (χ0n) is 20.3. The van der Waals surface area contributed by atoms with Crippen molar-refractivity contribution in [2.45, 2.75) is 50.7 Å². The fourth-order valence-electron chi connectivity index (χ4n) is 4.51. The fraction of sp³-hybridized carbons (Fsp3) is 0.385. The number of nitrogens with zero attached hydrogens (tertiary/aromatic N) is 3. The predicted molar refractivity (Wildman–Crippen MR) is 133 cm³/mol. The summed E-state index contributed by atoms with van der Waals surface area (Å²) in [6.07, 6.45) is 6.41. The molecule has 0 unspecified atom stereocenters. The van der Waals surface area contributed by atoms with E-state index in [0.29, 0.717) is 17.1 Å². The van der Waals surface area contributed by atoms with Gasteiger partial charge in [-0.05, 0) is 48.2 Å². The van der Waals surface area contributed by atoms with Crippen LogP contribution >= 0.6 is 11.7 Å². The topological polar surface area (TPSA) is 93.7 Å². The Morgan fingerprint density at radius 1 is 1.08 bits per heavy atom. The van der Waals surface area contributed by atoms with Crippen LogP contribution in [0.5, 0.6) is 11.5 Å². The maximum Gasteiger partial charge on any atom is 0.276 e. The Labute approximate surface area is 213 Å². The van der Waals surface area contributed by atoms with E-state index in [1.165, 1.54) is 42.5 Å². The maximum absolute atomic E-state index is 13.8. The highest BCUT2D eigenvalue weighted by Gasteiger charge is 2.34. The molecule has 1 saturated carbocycles. The number of aromatic nitrogens is 2. The summed E-state index contributed by atoms with van der Waals surface area (Å²) in [5.41, 5.74) is 1.36. The van der Waals surface area contributed by atoms with E-state index in [2.05, 4.69) is 14.1 Å². The van der Waals surface area contributed by atoms with Gasteiger partial charge >= 0.3 is 0 Å². The number of rotatable bonds is 9. The molecule has 0 radical (unpaired) electrons. The maximum atomic E-state index is 13.8. The molecule has 1 aromatic heterocycles. The molecule has 0 saturated heterocycles. The highest BCUT2D eigenvalue weighted by molar-refractivity contribution is 6.99. The number of amides is 2. The second-order valence-corrected chi connectivity index (χ2v) is 9.27. The van der Waals surface area contributed by atoms with Crippen LogP contribution in [-0.4, -0.2) is 45.7 Å². The molecular weight excluding hydrogens is 483 g/mol. The van der Waals surface area contributed by atoms with Gasteiger partial charge in [-0.15, -0.1) is 0 Å². The molecule has 0 spiro atoms. The van der Waals surface area contributed by atoms with Crippen LogP contribution in [0.1, 0.15) is 59.8 Å². The SMILES string of the molecule is COc1ccc(CN(C(=O)c2cnsn2)[C@H](C(=O)NC2CCCCC2)c2ccc(F)cc2)cc1OC. The number of halogens is 1. The van der Waals surface area contributed by atoms with Crippen LogP contribution in [0.2, 0.25) is 0 Å². The van der Waals surface area contributed by atoms with Crippen LogP contribution < -0.4 is 14.8 Å².